The first-order chi connectivity index (χ1) is 12.8. The zero-order chi connectivity index (χ0) is 19.7. The van der Waals surface area contributed by atoms with Gasteiger partial charge >= 0.3 is 0 Å². The number of nitrogens with one attached hydrogen (secondary N) is 1. The standard InChI is InChI=1S/C18H18N4O5/c1-19-16(24)10-21-14-6-4-3-5-12(14)18(25)20(2)17(21)13-9-11(22(26)27)7-8-15(13)23/h3-9,17,23H,10H2,1-2H3,(H,19,24). The quantitative estimate of drug-likeness (QED) is 0.624. The predicted molar refractivity (Wildman–Crippen MR) is 97.5 cm³/mol. The highest BCUT2D eigenvalue weighted by atomic mass is 16.6. The Hall–Kier alpha value is -3.62. The van der Waals surface area contributed by atoms with Gasteiger partial charge in [0.1, 0.15) is 11.9 Å². The molecule has 0 spiro atoms. The fourth-order valence-electron chi connectivity index (χ4n) is 3.19. The fraction of sp³-hybridized carbons (Fsp3) is 0.222. The Kier molecular flexibility index (Phi) is 4.68. The number of non-ortho nitro benzene ring substituents is 1. The normalized spacial score (nSPS) is 16.1. The molecule has 2 aromatic rings. The number of carbonyl (C=O) groups is 2. The van der Waals surface area contributed by atoms with E-state index in [-0.39, 0.29) is 35.4 Å². The molecule has 1 aliphatic heterocycles. The van der Waals surface area contributed by atoms with Crippen LogP contribution in [-0.4, -0.2) is 47.4 Å². The number of hydrogen-bond donors (Lipinski definition) is 2. The Morgan fingerprint density at radius 1 is 1.30 bits per heavy atom. The molecule has 1 heterocycles. The highest BCUT2D eigenvalue weighted by Crippen LogP contribution is 2.41. The van der Waals surface area contributed by atoms with Crippen molar-refractivity contribution in [2.24, 2.45) is 0 Å². The predicted octanol–water partition coefficient (Wildman–Crippen LogP) is 1.64. The van der Waals surface area contributed by atoms with Crippen molar-refractivity contribution < 1.29 is 19.6 Å². The molecular formula is C18H18N4O5. The van der Waals surface area contributed by atoms with Crippen LogP contribution in [0.2, 0.25) is 0 Å². The van der Waals surface area contributed by atoms with E-state index in [0.29, 0.717) is 11.3 Å². The zero-order valence-electron chi connectivity index (χ0n) is 14.7. The van der Waals surface area contributed by atoms with Gasteiger partial charge in [-0.2, -0.15) is 0 Å². The minimum Gasteiger partial charge on any atom is -0.508 e. The van der Waals surface area contributed by atoms with Crippen molar-refractivity contribution in [2.75, 3.05) is 25.5 Å². The van der Waals surface area contributed by atoms with Gasteiger partial charge in [-0.05, 0) is 18.2 Å². The molecule has 2 amide bonds. The molecule has 3 rings (SSSR count). The number of nitro groups is 1. The monoisotopic (exact) mass is 370 g/mol. The van der Waals surface area contributed by atoms with Gasteiger partial charge in [0.15, 0.2) is 0 Å². The number of phenols is 1. The van der Waals surface area contributed by atoms with Crippen LogP contribution in [0, 0.1) is 10.1 Å². The highest BCUT2D eigenvalue weighted by molar-refractivity contribution is 6.02. The van der Waals surface area contributed by atoms with Gasteiger partial charge in [0.2, 0.25) is 5.91 Å². The van der Waals surface area contributed by atoms with Gasteiger partial charge in [0, 0.05) is 31.8 Å². The number of fused-ring (bicyclic) bond motifs is 1. The van der Waals surface area contributed by atoms with Gasteiger partial charge in [-0.15, -0.1) is 0 Å². The number of anilines is 1. The summed E-state index contributed by atoms with van der Waals surface area (Å²) in [7, 11) is 3.02. The van der Waals surface area contributed by atoms with Gasteiger partial charge in [0.05, 0.1) is 22.7 Å². The lowest BCUT2D eigenvalue weighted by molar-refractivity contribution is -0.385. The van der Waals surface area contributed by atoms with Gasteiger partial charge in [-0.3, -0.25) is 19.7 Å². The summed E-state index contributed by atoms with van der Waals surface area (Å²) in [6, 6.07) is 10.4. The summed E-state index contributed by atoms with van der Waals surface area (Å²) in [6.07, 6.45) is -0.885. The van der Waals surface area contributed by atoms with Gasteiger partial charge in [0.25, 0.3) is 11.6 Å². The van der Waals surface area contributed by atoms with Crippen molar-refractivity contribution in [1.29, 1.82) is 0 Å². The molecule has 0 radical (unpaired) electrons. The van der Waals surface area contributed by atoms with Crippen LogP contribution in [-0.2, 0) is 4.79 Å². The number of amides is 2. The van der Waals surface area contributed by atoms with E-state index in [1.807, 2.05) is 0 Å². The van der Waals surface area contributed by atoms with E-state index >= 15 is 0 Å². The molecular weight excluding hydrogens is 352 g/mol. The summed E-state index contributed by atoms with van der Waals surface area (Å²) < 4.78 is 0. The van der Waals surface area contributed by atoms with Crippen molar-refractivity contribution >= 4 is 23.2 Å². The first-order valence-electron chi connectivity index (χ1n) is 8.16. The van der Waals surface area contributed by atoms with Gasteiger partial charge < -0.3 is 20.2 Å². The number of rotatable bonds is 4. The molecule has 0 aliphatic carbocycles. The number of nitrogens with zero attached hydrogens (tertiary/aromatic N) is 3. The van der Waals surface area contributed by atoms with Crippen LogP contribution < -0.4 is 10.2 Å². The SMILES string of the molecule is CNC(=O)CN1c2ccccc2C(=O)N(C)C1c1cc([N+](=O)[O-])ccc1O. The molecule has 9 heteroatoms. The topological polar surface area (TPSA) is 116 Å². The lowest BCUT2D eigenvalue weighted by Gasteiger charge is -2.43. The summed E-state index contributed by atoms with van der Waals surface area (Å²) >= 11 is 0. The van der Waals surface area contributed by atoms with E-state index in [9.17, 15) is 24.8 Å². The average molecular weight is 370 g/mol. The smallest absolute Gasteiger partial charge is 0.270 e. The second kappa shape index (κ2) is 6.94. The third kappa shape index (κ3) is 3.14. The van der Waals surface area contributed by atoms with Gasteiger partial charge in [-0.25, -0.2) is 0 Å². The Labute approximate surface area is 155 Å². The third-order valence-corrected chi connectivity index (χ3v) is 4.52. The number of likely N-dealkylation sites (N-methyl/N-ethyl adjacent to an activating group) is 1. The summed E-state index contributed by atoms with van der Waals surface area (Å²) in [4.78, 5) is 38.5. The molecule has 1 aliphatic rings. The van der Waals surface area contributed by atoms with Crippen LogP contribution in [0.25, 0.3) is 0 Å². The van der Waals surface area contributed by atoms with Crippen LogP contribution in [0.3, 0.4) is 0 Å². The maximum absolute atomic E-state index is 12.8. The first kappa shape index (κ1) is 18.2. The Morgan fingerprint density at radius 2 is 2.00 bits per heavy atom. The number of hydrogen-bond acceptors (Lipinski definition) is 6. The summed E-state index contributed by atoms with van der Waals surface area (Å²) in [6.45, 7) is -0.0993. The molecule has 1 atom stereocenters. The van der Waals surface area contributed by atoms with E-state index in [0.717, 1.165) is 0 Å². The fourth-order valence-corrected chi connectivity index (χ4v) is 3.19. The minimum absolute atomic E-state index is 0.0993. The van der Waals surface area contributed by atoms with Crippen molar-refractivity contribution in [3.63, 3.8) is 0 Å². The van der Waals surface area contributed by atoms with Crippen LogP contribution in [0.5, 0.6) is 5.75 Å². The summed E-state index contributed by atoms with van der Waals surface area (Å²) in [5, 5.41) is 24.0. The second-order valence-electron chi connectivity index (χ2n) is 6.11. The van der Waals surface area contributed by atoms with Crippen molar-refractivity contribution in [3.8, 4) is 5.75 Å². The maximum Gasteiger partial charge on any atom is 0.270 e. The number of phenolic OH excluding ortho intramolecular Hbond substituents is 1. The minimum atomic E-state index is -0.885. The lowest BCUT2D eigenvalue weighted by Crippen LogP contribution is -2.50. The van der Waals surface area contributed by atoms with E-state index in [4.69, 9.17) is 0 Å². The molecule has 1 unspecified atom stereocenters. The molecule has 27 heavy (non-hydrogen) atoms. The number of carbonyl (C=O) groups excluding carboxylic acids is 2. The van der Waals surface area contributed by atoms with E-state index in [2.05, 4.69) is 5.32 Å². The van der Waals surface area contributed by atoms with Crippen LogP contribution in [0.1, 0.15) is 22.1 Å². The molecule has 0 fully saturated rings. The largest absolute Gasteiger partial charge is 0.508 e. The maximum atomic E-state index is 12.8. The Bertz CT molecular complexity index is 930. The molecule has 9 nitrogen and oxygen atoms in total. The molecule has 0 saturated carbocycles. The number of aromatic hydroxyl groups is 1. The van der Waals surface area contributed by atoms with Crippen LogP contribution in [0.15, 0.2) is 42.5 Å². The molecule has 0 aromatic heterocycles. The number of benzene rings is 2. The molecule has 140 valence electrons. The van der Waals surface area contributed by atoms with Crippen molar-refractivity contribution in [1.82, 2.24) is 10.2 Å². The molecule has 0 bridgehead atoms. The lowest BCUT2D eigenvalue weighted by atomic mass is 10.0. The molecule has 2 aromatic carbocycles. The van der Waals surface area contributed by atoms with Crippen molar-refractivity contribution in [2.45, 2.75) is 6.17 Å². The van der Waals surface area contributed by atoms with E-state index in [1.54, 1.807) is 29.2 Å². The van der Waals surface area contributed by atoms with Crippen LogP contribution >= 0.6 is 0 Å². The summed E-state index contributed by atoms with van der Waals surface area (Å²) in [5.74, 6) is -0.816. The summed E-state index contributed by atoms with van der Waals surface area (Å²) in [5.41, 5.74) is 0.867. The van der Waals surface area contributed by atoms with E-state index < -0.39 is 11.1 Å². The van der Waals surface area contributed by atoms with Crippen LogP contribution in [0.4, 0.5) is 11.4 Å². The average Bonchev–Trinajstić information content (AvgIpc) is 2.66. The third-order valence-electron chi connectivity index (χ3n) is 4.52. The number of para-hydroxylation sites is 1. The Balaban J connectivity index is 2.20. The Morgan fingerprint density at radius 3 is 2.67 bits per heavy atom. The number of nitro benzene ring substituents is 1. The van der Waals surface area contributed by atoms with E-state index in [1.165, 1.54) is 37.2 Å². The second-order valence-corrected chi connectivity index (χ2v) is 6.11. The zero-order valence-corrected chi connectivity index (χ0v) is 14.7. The molecule has 0 saturated heterocycles. The highest BCUT2D eigenvalue weighted by Gasteiger charge is 2.38. The first-order valence-corrected chi connectivity index (χ1v) is 8.16. The molecule has 2 N–H and O–H groups in total. The van der Waals surface area contributed by atoms with Crippen molar-refractivity contribution in [3.05, 3.63) is 63.7 Å². The van der Waals surface area contributed by atoms with Gasteiger partial charge in [-0.1, -0.05) is 12.1 Å².